The number of hydrogen-bond donors (Lipinski definition) is 2. The number of aliphatic hydroxyl groups is 1. The number of nitrogens with one attached hydrogen (secondary N) is 1. The molecular formula is C46H60N4O3. The Morgan fingerprint density at radius 3 is 2.49 bits per heavy atom. The summed E-state index contributed by atoms with van der Waals surface area (Å²) in [5.74, 6) is 5.04. The molecule has 5 saturated carbocycles. The van der Waals surface area contributed by atoms with Crippen LogP contribution in [0.4, 0.5) is 0 Å². The quantitative estimate of drug-likeness (QED) is 0.240. The lowest BCUT2D eigenvalue weighted by Crippen LogP contribution is -2.64. The van der Waals surface area contributed by atoms with Crippen molar-refractivity contribution in [2.45, 2.75) is 124 Å². The highest BCUT2D eigenvalue weighted by molar-refractivity contribution is 5.83. The molecule has 8 rings (SSSR count). The Kier molecular flexibility index (Phi) is 9.40. The number of benzene rings is 2. The second-order valence-electron chi connectivity index (χ2n) is 19.0. The minimum absolute atomic E-state index is 0.0191. The van der Waals surface area contributed by atoms with Crippen LogP contribution in [0.2, 0.25) is 0 Å². The highest BCUT2D eigenvalue weighted by Gasteiger charge is 2.68. The molecule has 10 unspecified atom stereocenters. The van der Waals surface area contributed by atoms with Crippen LogP contribution in [0, 0.1) is 68.5 Å². The van der Waals surface area contributed by atoms with Crippen LogP contribution in [0.1, 0.15) is 128 Å². The number of aromatic nitrogens is 2. The third-order valence-corrected chi connectivity index (χ3v) is 16.4. The Morgan fingerprint density at radius 2 is 1.68 bits per heavy atom. The number of amides is 1. The molecule has 0 radical (unpaired) electrons. The van der Waals surface area contributed by atoms with E-state index in [9.17, 15) is 15.2 Å². The predicted octanol–water partition coefficient (Wildman–Crippen LogP) is 9.32. The number of fused-ring (bicyclic) bond motifs is 7. The average Bonchev–Trinajstić information content (AvgIpc) is 3.79. The number of carbonyl (C=O) groups is 1. The zero-order chi connectivity index (χ0) is 37.2. The van der Waals surface area contributed by atoms with Crippen LogP contribution in [0.5, 0.6) is 0 Å². The summed E-state index contributed by atoms with van der Waals surface area (Å²) in [4.78, 5) is 14.5. The Hall–Kier alpha value is -3.50. The van der Waals surface area contributed by atoms with Crippen molar-refractivity contribution in [3.05, 3.63) is 71.1 Å². The minimum atomic E-state index is -0.238. The summed E-state index contributed by atoms with van der Waals surface area (Å²) >= 11 is 0. The van der Waals surface area contributed by atoms with E-state index in [-0.39, 0.29) is 16.9 Å². The normalized spacial score (nSPS) is 37.0. The van der Waals surface area contributed by atoms with E-state index in [0.29, 0.717) is 82.6 Å². The van der Waals surface area contributed by atoms with Crippen molar-refractivity contribution in [1.29, 1.82) is 5.26 Å². The highest BCUT2D eigenvalue weighted by atomic mass is 16.4. The summed E-state index contributed by atoms with van der Waals surface area (Å²) < 4.78 is 6.03. The van der Waals surface area contributed by atoms with E-state index in [1.165, 1.54) is 44.9 Å². The summed E-state index contributed by atoms with van der Waals surface area (Å²) in [5, 5.41) is 32.4. The molecule has 7 heteroatoms. The second kappa shape index (κ2) is 13.7. The fourth-order valence-electron chi connectivity index (χ4n) is 14.0. The lowest BCUT2D eigenvalue weighted by Gasteiger charge is -2.69. The maximum absolute atomic E-state index is 14.5. The van der Waals surface area contributed by atoms with E-state index in [4.69, 9.17) is 4.42 Å². The molecule has 1 heterocycles. The van der Waals surface area contributed by atoms with Gasteiger partial charge in [0, 0.05) is 12.1 Å². The Morgan fingerprint density at radius 1 is 0.906 bits per heavy atom. The van der Waals surface area contributed by atoms with Crippen LogP contribution in [0.25, 0.3) is 11.5 Å². The van der Waals surface area contributed by atoms with Crippen molar-refractivity contribution < 1.29 is 14.3 Å². The van der Waals surface area contributed by atoms with Gasteiger partial charge < -0.3 is 14.8 Å². The molecule has 7 nitrogen and oxygen atoms in total. The maximum Gasteiger partial charge on any atom is 0.247 e. The molecule has 5 aliphatic carbocycles. The maximum atomic E-state index is 14.5. The SMILES string of the molecule is CCC1CCC2(C(=O)NCCc3cccc(-c4nnc(Cc5cccc(C#N)c5)o4)c3)CCC3C(CCC4C3(C)CCC3C(C)(C)C(O)CCC34C)C12. The molecule has 53 heavy (non-hydrogen) atoms. The number of hydrogen-bond acceptors (Lipinski definition) is 6. The van der Waals surface area contributed by atoms with E-state index in [2.05, 4.69) is 68.3 Å². The van der Waals surface area contributed by atoms with Crippen LogP contribution in [0.3, 0.4) is 0 Å². The molecule has 1 aromatic heterocycles. The van der Waals surface area contributed by atoms with E-state index in [1.807, 2.05) is 30.3 Å². The van der Waals surface area contributed by atoms with Gasteiger partial charge in [0.15, 0.2) is 0 Å². The first-order chi connectivity index (χ1) is 25.4. The average molecular weight is 717 g/mol. The van der Waals surface area contributed by atoms with E-state index < -0.39 is 0 Å². The molecule has 0 bridgehead atoms. The molecule has 1 amide bonds. The largest absolute Gasteiger partial charge is 0.420 e. The third-order valence-electron chi connectivity index (χ3n) is 16.4. The number of nitriles is 1. The lowest BCUT2D eigenvalue weighted by molar-refractivity contribution is -0.216. The van der Waals surface area contributed by atoms with Gasteiger partial charge in [-0.3, -0.25) is 4.79 Å². The molecule has 0 spiro atoms. The molecule has 0 aliphatic heterocycles. The molecule has 10 atom stereocenters. The van der Waals surface area contributed by atoms with Gasteiger partial charge in [-0.05, 0) is 158 Å². The van der Waals surface area contributed by atoms with Crippen molar-refractivity contribution in [3.8, 4) is 17.5 Å². The van der Waals surface area contributed by atoms with Gasteiger partial charge in [-0.2, -0.15) is 5.26 Å². The summed E-state index contributed by atoms with van der Waals surface area (Å²) in [6.07, 6.45) is 13.8. The van der Waals surface area contributed by atoms with E-state index >= 15 is 0 Å². The highest BCUT2D eigenvalue weighted by Crippen LogP contribution is 2.73. The fourth-order valence-corrected chi connectivity index (χ4v) is 14.0. The smallest absolute Gasteiger partial charge is 0.247 e. The molecule has 5 aliphatic rings. The Balaban J connectivity index is 0.941. The number of nitrogens with zero attached hydrogens (tertiary/aromatic N) is 3. The van der Waals surface area contributed by atoms with Crippen molar-refractivity contribution >= 4 is 5.91 Å². The van der Waals surface area contributed by atoms with Crippen molar-refractivity contribution in [3.63, 3.8) is 0 Å². The molecule has 282 valence electrons. The number of aliphatic hydroxyl groups excluding tert-OH is 1. The molecule has 0 saturated heterocycles. The zero-order valence-corrected chi connectivity index (χ0v) is 32.7. The number of carbonyl (C=O) groups excluding carboxylic acids is 1. The topological polar surface area (TPSA) is 112 Å². The van der Waals surface area contributed by atoms with Crippen molar-refractivity contribution in [1.82, 2.24) is 15.5 Å². The zero-order valence-electron chi connectivity index (χ0n) is 32.7. The van der Waals surface area contributed by atoms with Crippen LogP contribution in [-0.4, -0.2) is 33.9 Å². The van der Waals surface area contributed by atoms with E-state index in [1.54, 1.807) is 6.07 Å². The first-order valence-electron chi connectivity index (χ1n) is 20.8. The van der Waals surface area contributed by atoms with Gasteiger partial charge in [0.1, 0.15) is 0 Å². The molecule has 2 N–H and O–H groups in total. The molecule has 3 aromatic rings. The fraction of sp³-hybridized carbons (Fsp3) is 0.652. The second-order valence-corrected chi connectivity index (χ2v) is 19.0. The van der Waals surface area contributed by atoms with Gasteiger partial charge >= 0.3 is 0 Å². The van der Waals surface area contributed by atoms with Crippen LogP contribution < -0.4 is 5.32 Å². The summed E-state index contributed by atoms with van der Waals surface area (Å²) in [7, 11) is 0. The number of rotatable bonds is 8. The molecule has 5 fully saturated rings. The van der Waals surface area contributed by atoms with Gasteiger partial charge in [-0.25, -0.2) is 0 Å². The van der Waals surface area contributed by atoms with Gasteiger partial charge in [0.25, 0.3) is 0 Å². The predicted molar refractivity (Wildman–Crippen MR) is 206 cm³/mol. The standard InChI is InChI=1S/C46H60N4O3/c1-6-32-15-22-46(23-16-35-34(40(32)46)13-14-37-44(35,4)20-17-36-43(2,3)38(51)18-21-45(36,37)5)42(52)48-24-19-29-9-8-12-33(26-29)41-50-49-39(53-41)27-30-10-7-11-31(25-30)28-47/h7-12,25-26,32,34-38,40,51H,6,13-24,27H2,1-5H3,(H,48,52). The van der Waals surface area contributed by atoms with Gasteiger partial charge in [-0.15, -0.1) is 10.2 Å². The van der Waals surface area contributed by atoms with Gasteiger partial charge in [0.2, 0.25) is 17.7 Å². The van der Waals surface area contributed by atoms with Crippen LogP contribution in [0.15, 0.2) is 52.9 Å². The summed E-state index contributed by atoms with van der Waals surface area (Å²) in [6, 6.07) is 17.9. The monoisotopic (exact) mass is 716 g/mol. The third kappa shape index (κ3) is 5.97. The van der Waals surface area contributed by atoms with Gasteiger partial charge in [0.05, 0.1) is 29.6 Å². The lowest BCUT2D eigenvalue weighted by atomic mass is 9.36. The van der Waals surface area contributed by atoms with Crippen LogP contribution >= 0.6 is 0 Å². The van der Waals surface area contributed by atoms with Gasteiger partial charge in [-0.1, -0.05) is 65.3 Å². The minimum Gasteiger partial charge on any atom is -0.420 e. The summed E-state index contributed by atoms with van der Waals surface area (Å²) in [5.41, 5.74) is 3.93. The van der Waals surface area contributed by atoms with Crippen molar-refractivity contribution in [2.24, 2.45) is 57.2 Å². The van der Waals surface area contributed by atoms with E-state index in [0.717, 1.165) is 48.8 Å². The first kappa shape index (κ1) is 36.5. The Labute approximate surface area is 316 Å². The summed E-state index contributed by atoms with van der Waals surface area (Å²) in [6.45, 7) is 12.9. The first-order valence-corrected chi connectivity index (χ1v) is 20.8. The van der Waals surface area contributed by atoms with Crippen LogP contribution in [-0.2, 0) is 17.6 Å². The molecule has 2 aromatic carbocycles. The Bertz CT molecular complexity index is 1880. The van der Waals surface area contributed by atoms with Crippen molar-refractivity contribution in [2.75, 3.05) is 6.54 Å². The molecular weight excluding hydrogens is 657 g/mol.